The SMILES string of the molecule is CCCCS(=O)CC(=O)Nc1ccc(N)cc1. The highest BCUT2D eigenvalue weighted by Gasteiger charge is 2.07. The van der Waals surface area contributed by atoms with Crippen LogP contribution in [-0.4, -0.2) is 21.6 Å². The molecule has 0 fully saturated rings. The lowest BCUT2D eigenvalue weighted by molar-refractivity contribution is -0.113. The highest BCUT2D eigenvalue weighted by molar-refractivity contribution is 7.85. The Morgan fingerprint density at radius 3 is 2.59 bits per heavy atom. The Hall–Kier alpha value is -1.36. The van der Waals surface area contributed by atoms with Gasteiger partial charge in [-0.3, -0.25) is 9.00 Å². The standard InChI is InChI=1S/C12H18N2O2S/c1-2-3-8-17(16)9-12(15)14-11-6-4-10(13)5-7-11/h4-7H,2-3,8-9,13H2,1H3,(H,14,15). The normalized spacial score (nSPS) is 12.1. The molecule has 1 rings (SSSR count). The van der Waals surface area contributed by atoms with E-state index in [0.29, 0.717) is 17.1 Å². The molecule has 0 saturated carbocycles. The minimum atomic E-state index is -1.06. The Labute approximate surface area is 104 Å². The van der Waals surface area contributed by atoms with Crippen molar-refractivity contribution in [2.75, 3.05) is 22.6 Å². The summed E-state index contributed by atoms with van der Waals surface area (Å²) in [4.78, 5) is 11.5. The highest BCUT2D eigenvalue weighted by atomic mass is 32.2. The fourth-order valence-corrected chi connectivity index (χ4v) is 2.41. The number of nitrogens with two attached hydrogens (primary N) is 1. The number of benzene rings is 1. The van der Waals surface area contributed by atoms with Crippen LogP contribution in [0.25, 0.3) is 0 Å². The van der Waals surface area contributed by atoms with E-state index < -0.39 is 10.8 Å². The summed E-state index contributed by atoms with van der Waals surface area (Å²) in [7, 11) is -1.06. The van der Waals surface area contributed by atoms with E-state index in [0.717, 1.165) is 12.8 Å². The Bertz CT molecular complexity index is 390. The van der Waals surface area contributed by atoms with Crippen molar-refractivity contribution in [3.63, 3.8) is 0 Å². The fourth-order valence-electron chi connectivity index (χ4n) is 1.29. The molecule has 3 N–H and O–H groups in total. The first kappa shape index (κ1) is 13.7. The number of hydrogen-bond acceptors (Lipinski definition) is 3. The molecule has 0 aliphatic rings. The second kappa shape index (κ2) is 7.06. The molecular weight excluding hydrogens is 236 g/mol. The number of carbonyl (C=O) groups is 1. The molecule has 4 nitrogen and oxygen atoms in total. The third kappa shape index (κ3) is 5.49. The maximum Gasteiger partial charge on any atom is 0.236 e. The van der Waals surface area contributed by atoms with Crippen LogP contribution in [0.5, 0.6) is 0 Å². The van der Waals surface area contributed by atoms with Gasteiger partial charge in [-0.05, 0) is 30.7 Å². The highest BCUT2D eigenvalue weighted by Crippen LogP contribution is 2.10. The van der Waals surface area contributed by atoms with Gasteiger partial charge in [0.1, 0.15) is 5.75 Å². The predicted molar refractivity (Wildman–Crippen MR) is 72.3 cm³/mol. The molecule has 0 aliphatic carbocycles. The van der Waals surface area contributed by atoms with Crippen LogP contribution in [0.3, 0.4) is 0 Å². The first-order valence-electron chi connectivity index (χ1n) is 5.62. The van der Waals surface area contributed by atoms with Crippen molar-refractivity contribution in [3.8, 4) is 0 Å². The molecule has 0 aliphatic heterocycles. The van der Waals surface area contributed by atoms with Gasteiger partial charge >= 0.3 is 0 Å². The molecule has 1 aromatic rings. The molecule has 1 amide bonds. The molecule has 1 aromatic carbocycles. The van der Waals surface area contributed by atoms with E-state index in [1.165, 1.54) is 0 Å². The third-order valence-electron chi connectivity index (χ3n) is 2.21. The van der Waals surface area contributed by atoms with E-state index >= 15 is 0 Å². The fraction of sp³-hybridized carbons (Fsp3) is 0.417. The topological polar surface area (TPSA) is 72.2 Å². The Balaban J connectivity index is 2.39. The van der Waals surface area contributed by atoms with Crippen LogP contribution < -0.4 is 11.1 Å². The second-order valence-corrected chi connectivity index (χ2v) is 5.39. The molecule has 1 unspecified atom stereocenters. The average molecular weight is 254 g/mol. The number of amides is 1. The third-order valence-corrected chi connectivity index (χ3v) is 3.54. The van der Waals surface area contributed by atoms with Crippen molar-refractivity contribution in [2.45, 2.75) is 19.8 Å². The minimum absolute atomic E-state index is 0.0599. The van der Waals surface area contributed by atoms with E-state index in [9.17, 15) is 9.00 Å². The summed E-state index contributed by atoms with van der Waals surface area (Å²) in [5.41, 5.74) is 6.86. The molecule has 0 bridgehead atoms. The maximum atomic E-state index is 11.5. The largest absolute Gasteiger partial charge is 0.399 e. The van der Waals surface area contributed by atoms with Gasteiger partial charge in [0.25, 0.3) is 0 Å². The van der Waals surface area contributed by atoms with Crippen molar-refractivity contribution in [1.29, 1.82) is 0 Å². The van der Waals surface area contributed by atoms with Gasteiger partial charge in [0.2, 0.25) is 5.91 Å². The van der Waals surface area contributed by atoms with Crippen LogP contribution in [0.15, 0.2) is 24.3 Å². The first-order chi connectivity index (χ1) is 8.11. The summed E-state index contributed by atoms with van der Waals surface area (Å²) in [6.07, 6.45) is 1.88. The molecule has 0 heterocycles. The Kier molecular flexibility index (Phi) is 5.69. The summed E-state index contributed by atoms with van der Waals surface area (Å²) in [5.74, 6) is 0.431. The van der Waals surface area contributed by atoms with Crippen LogP contribution in [0.4, 0.5) is 11.4 Å². The number of carbonyl (C=O) groups excluding carboxylic acids is 1. The molecule has 94 valence electrons. The lowest BCUT2D eigenvalue weighted by atomic mass is 10.3. The Morgan fingerprint density at radius 2 is 2.00 bits per heavy atom. The molecular formula is C12H18N2O2S. The number of nitrogen functional groups attached to an aromatic ring is 1. The summed E-state index contributed by atoms with van der Waals surface area (Å²) >= 11 is 0. The van der Waals surface area contributed by atoms with Gasteiger partial charge in [0, 0.05) is 27.9 Å². The molecule has 17 heavy (non-hydrogen) atoms. The monoisotopic (exact) mass is 254 g/mol. The summed E-state index contributed by atoms with van der Waals surface area (Å²) in [5, 5.41) is 2.69. The van der Waals surface area contributed by atoms with Crippen molar-refractivity contribution >= 4 is 28.1 Å². The number of rotatable bonds is 6. The van der Waals surface area contributed by atoms with Gasteiger partial charge in [-0.1, -0.05) is 13.3 Å². The zero-order valence-electron chi connectivity index (χ0n) is 9.94. The number of anilines is 2. The van der Waals surface area contributed by atoms with Gasteiger partial charge in [-0.2, -0.15) is 0 Å². The summed E-state index contributed by atoms with van der Waals surface area (Å²) < 4.78 is 11.5. The van der Waals surface area contributed by atoms with Crippen LogP contribution in [0.1, 0.15) is 19.8 Å². The predicted octanol–water partition coefficient (Wildman–Crippen LogP) is 1.76. The maximum absolute atomic E-state index is 11.5. The lowest BCUT2D eigenvalue weighted by Gasteiger charge is -2.05. The average Bonchev–Trinajstić information content (AvgIpc) is 2.29. The zero-order valence-corrected chi connectivity index (χ0v) is 10.8. The smallest absolute Gasteiger partial charge is 0.236 e. The van der Waals surface area contributed by atoms with E-state index in [1.807, 2.05) is 6.92 Å². The van der Waals surface area contributed by atoms with Crippen LogP contribution >= 0.6 is 0 Å². The van der Waals surface area contributed by atoms with Crippen LogP contribution in [0.2, 0.25) is 0 Å². The van der Waals surface area contributed by atoms with Crippen LogP contribution in [0, 0.1) is 0 Å². The summed E-state index contributed by atoms with van der Waals surface area (Å²) in [6.45, 7) is 2.03. The van der Waals surface area contributed by atoms with Gasteiger partial charge < -0.3 is 11.1 Å². The minimum Gasteiger partial charge on any atom is -0.399 e. The zero-order chi connectivity index (χ0) is 12.7. The van der Waals surface area contributed by atoms with Crippen molar-refractivity contribution in [1.82, 2.24) is 0 Å². The van der Waals surface area contributed by atoms with Gasteiger partial charge in [0.05, 0.1) is 0 Å². The van der Waals surface area contributed by atoms with E-state index in [1.54, 1.807) is 24.3 Å². The van der Waals surface area contributed by atoms with Crippen LogP contribution in [-0.2, 0) is 15.6 Å². The molecule has 1 atom stereocenters. The number of nitrogens with one attached hydrogen (secondary N) is 1. The molecule has 5 heteroatoms. The summed E-state index contributed by atoms with van der Waals surface area (Å²) in [6, 6.07) is 6.87. The van der Waals surface area contributed by atoms with E-state index in [-0.39, 0.29) is 11.7 Å². The van der Waals surface area contributed by atoms with E-state index in [2.05, 4.69) is 5.32 Å². The molecule has 0 spiro atoms. The van der Waals surface area contributed by atoms with E-state index in [4.69, 9.17) is 5.73 Å². The Morgan fingerprint density at radius 1 is 1.35 bits per heavy atom. The second-order valence-electron chi connectivity index (χ2n) is 3.81. The molecule has 0 saturated heterocycles. The lowest BCUT2D eigenvalue weighted by Crippen LogP contribution is -2.20. The van der Waals surface area contributed by atoms with Gasteiger partial charge in [0.15, 0.2) is 0 Å². The van der Waals surface area contributed by atoms with Crippen molar-refractivity contribution in [3.05, 3.63) is 24.3 Å². The molecule has 0 aromatic heterocycles. The quantitative estimate of drug-likeness (QED) is 0.760. The number of hydrogen-bond donors (Lipinski definition) is 2. The van der Waals surface area contributed by atoms with Crippen molar-refractivity contribution < 1.29 is 9.00 Å². The first-order valence-corrected chi connectivity index (χ1v) is 7.11. The van der Waals surface area contributed by atoms with Gasteiger partial charge in [-0.15, -0.1) is 0 Å². The molecule has 0 radical (unpaired) electrons. The van der Waals surface area contributed by atoms with Crippen molar-refractivity contribution in [2.24, 2.45) is 0 Å². The number of unbranched alkanes of at least 4 members (excludes halogenated alkanes) is 1. The van der Waals surface area contributed by atoms with Gasteiger partial charge in [-0.25, -0.2) is 0 Å².